The zero-order valence-electron chi connectivity index (χ0n) is 18.1. The zero-order chi connectivity index (χ0) is 24.1. The second kappa shape index (κ2) is 10.3. The molecular weight excluding hydrogens is 468 g/mol. The first kappa shape index (κ1) is 23.2. The molecule has 2 amide bonds. The van der Waals surface area contributed by atoms with Crippen LogP contribution in [-0.4, -0.2) is 22.7 Å². The molecule has 0 saturated carbocycles. The number of amides is 2. The molecule has 8 heteroatoms. The van der Waals surface area contributed by atoms with E-state index in [0.717, 1.165) is 26.9 Å². The van der Waals surface area contributed by atoms with Crippen molar-refractivity contribution >= 4 is 56.3 Å². The number of alkyl halides is 1. The van der Waals surface area contributed by atoms with Crippen molar-refractivity contribution in [1.82, 2.24) is 4.98 Å². The molecule has 3 aromatic carbocycles. The van der Waals surface area contributed by atoms with Gasteiger partial charge in [-0.2, -0.15) is 5.26 Å². The number of nitrogens with one attached hydrogen (secondary N) is 2. The number of anilines is 2. The fourth-order valence-electron chi connectivity index (χ4n) is 3.50. The molecule has 0 atom stereocenters. The minimum Gasteiger partial charge on any atom is -0.322 e. The van der Waals surface area contributed by atoms with Gasteiger partial charge in [0.15, 0.2) is 0 Å². The third-order valence-corrected chi connectivity index (χ3v) is 6.10. The average Bonchev–Trinajstić information content (AvgIpc) is 3.29. The Hall–Kier alpha value is -3.99. The predicted molar refractivity (Wildman–Crippen MR) is 137 cm³/mol. The lowest BCUT2D eigenvalue weighted by Crippen LogP contribution is -2.14. The summed E-state index contributed by atoms with van der Waals surface area (Å²) < 4.78 is 1.13. The number of fused-ring (bicyclic) bond motifs is 1. The van der Waals surface area contributed by atoms with Crippen molar-refractivity contribution in [3.63, 3.8) is 0 Å². The molecule has 0 aliphatic rings. The van der Waals surface area contributed by atoms with E-state index in [0.29, 0.717) is 16.9 Å². The van der Waals surface area contributed by atoms with Crippen molar-refractivity contribution in [2.75, 3.05) is 16.5 Å². The van der Waals surface area contributed by atoms with Crippen LogP contribution in [0.5, 0.6) is 0 Å². The van der Waals surface area contributed by atoms with Gasteiger partial charge in [-0.05, 0) is 66.1 Å². The van der Waals surface area contributed by atoms with Gasteiger partial charge < -0.3 is 10.6 Å². The Labute approximate surface area is 205 Å². The number of aryl methyl sites for hydroxylation is 1. The highest BCUT2D eigenvalue weighted by atomic mass is 35.5. The maximum absolute atomic E-state index is 12.9. The number of carbonyl (C=O) groups is 2. The first-order valence-electron chi connectivity index (χ1n) is 10.3. The molecule has 0 radical (unpaired) electrons. The van der Waals surface area contributed by atoms with Crippen LogP contribution in [0.4, 0.5) is 11.4 Å². The minimum absolute atomic E-state index is 0.182. The Bertz CT molecular complexity index is 1470. The Morgan fingerprint density at radius 3 is 2.79 bits per heavy atom. The third-order valence-electron chi connectivity index (χ3n) is 5.13. The smallest absolute Gasteiger partial charge is 0.255 e. The third kappa shape index (κ3) is 5.15. The first-order valence-corrected chi connectivity index (χ1v) is 11.7. The zero-order valence-corrected chi connectivity index (χ0v) is 19.7. The molecule has 0 spiro atoms. The maximum Gasteiger partial charge on any atom is 0.255 e. The molecule has 1 heterocycles. The van der Waals surface area contributed by atoms with E-state index < -0.39 is 5.91 Å². The number of allylic oxidation sites excluding steroid dienone is 1. The van der Waals surface area contributed by atoms with E-state index in [1.165, 1.54) is 24.3 Å². The molecule has 4 aromatic rings. The average molecular weight is 487 g/mol. The van der Waals surface area contributed by atoms with Crippen LogP contribution in [0.1, 0.15) is 21.5 Å². The molecule has 6 nitrogen and oxygen atoms in total. The monoisotopic (exact) mass is 486 g/mol. The lowest BCUT2D eigenvalue weighted by atomic mass is 9.99. The summed E-state index contributed by atoms with van der Waals surface area (Å²) in [6.07, 6.45) is 2.78. The van der Waals surface area contributed by atoms with Crippen LogP contribution in [0.2, 0.25) is 0 Å². The van der Waals surface area contributed by atoms with Gasteiger partial charge in [-0.3, -0.25) is 9.59 Å². The summed E-state index contributed by atoms with van der Waals surface area (Å²) in [7, 11) is 0. The lowest BCUT2D eigenvalue weighted by Gasteiger charge is -2.11. The highest BCUT2D eigenvalue weighted by molar-refractivity contribution is 7.16. The van der Waals surface area contributed by atoms with Gasteiger partial charge in [0.25, 0.3) is 5.91 Å². The van der Waals surface area contributed by atoms with E-state index in [1.807, 2.05) is 29.8 Å². The number of halogens is 1. The number of nitriles is 1. The fourth-order valence-corrected chi connectivity index (χ4v) is 4.34. The van der Waals surface area contributed by atoms with Crippen LogP contribution >= 0.6 is 22.9 Å². The Kier molecular flexibility index (Phi) is 7.02. The Balaban J connectivity index is 1.55. The number of thiazole rings is 1. The van der Waals surface area contributed by atoms with Crippen molar-refractivity contribution in [3.05, 3.63) is 89.0 Å². The van der Waals surface area contributed by atoms with Gasteiger partial charge in [0, 0.05) is 23.2 Å². The van der Waals surface area contributed by atoms with Crippen molar-refractivity contribution in [2.24, 2.45) is 0 Å². The van der Waals surface area contributed by atoms with Gasteiger partial charge in [0.05, 0.1) is 27.0 Å². The second-order valence-corrected chi connectivity index (χ2v) is 8.64. The summed E-state index contributed by atoms with van der Waals surface area (Å²) in [5.74, 6) is -0.560. The number of aromatic nitrogens is 1. The van der Waals surface area contributed by atoms with E-state index in [2.05, 4.69) is 34.7 Å². The van der Waals surface area contributed by atoms with E-state index in [-0.39, 0.29) is 17.4 Å². The molecule has 168 valence electrons. The SMILES string of the molecule is Cc1cc2scnc2cc1-c1cccc(NC(=O)c2ccc(NC(=O)C=CCCl)c(C#N)c2)c1. The van der Waals surface area contributed by atoms with Gasteiger partial charge in [-0.25, -0.2) is 4.98 Å². The highest BCUT2D eigenvalue weighted by Gasteiger charge is 2.13. The van der Waals surface area contributed by atoms with Crippen LogP contribution < -0.4 is 10.6 Å². The fraction of sp³-hybridized carbons (Fsp3) is 0.0769. The van der Waals surface area contributed by atoms with Gasteiger partial charge >= 0.3 is 0 Å². The van der Waals surface area contributed by atoms with Crippen LogP contribution in [-0.2, 0) is 4.79 Å². The quantitative estimate of drug-likeness (QED) is 0.253. The van der Waals surface area contributed by atoms with Crippen LogP contribution in [0.15, 0.2) is 72.3 Å². The van der Waals surface area contributed by atoms with Crippen LogP contribution in [0, 0.1) is 18.3 Å². The van der Waals surface area contributed by atoms with Crippen molar-refractivity contribution < 1.29 is 9.59 Å². The molecule has 0 saturated heterocycles. The van der Waals surface area contributed by atoms with E-state index in [1.54, 1.807) is 23.5 Å². The Morgan fingerprint density at radius 1 is 1.15 bits per heavy atom. The minimum atomic E-state index is -0.405. The van der Waals surface area contributed by atoms with Gasteiger partial charge in [0.2, 0.25) is 5.91 Å². The van der Waals surface area contributed by atoms with Crippen molar-refractivity contribution in [1.29, 1.82) is 5.26 Å². The number of hydrogen-bond acceptors (Lipinski definition) is 5. The summed E-state index contributed by atoms with van der Waals surface area (Å²) >= 11 is 7.14. The molecule has 0 fully saturated rings. The number of rotatable bonds is 6. The number of benzene rings is 3. The Morgan fingerprint density at radius 2 is 2.00 bits per heavy atom. The second-order valence-electron chi connectivity index (χ2n) is 7.44. The molecule has 0 unspecified atom stereocenters. The number of nitrogens with zero attached hydrogens (tertiary/aromatic N) is 2. The normalized spacial score (nSPS) is 10.9. The van der Waals surface area contributed by atoms with E-state index in [4.69, 9.17) is 11.6 Å². The van der Waals surface area contributed by atoms with Gasteiger partial charge in [-0.1, -0.05) is 18.2 Å². The number of hydrogen-bond donors (Lipinski definition) is 2. The largest absolute Gasteiger partial charge is 0.322 e. The maximum atomic E-state index is 12.9. The van der Waals surface area contributed by atoms with Gasteiger partial charge in [0.1, 0.15) is 6.07 Å². The van der Waals surface area contributed by atoms with E-state index >= 15 is 0 Å². The molecule has 0 aliphatic carbocycles. The number of carbonyl (C=O) groups excluding carboxylic acids is 2. The summed E-state index contributed by atoms with van der Waals surface area (Å²) in [6, 6.07) is 18.3. The summed E-state index contributed by atoms with van der Waals surface area (Å²) in [6.45, 7) is 2.05. The van der Waals surface area contributed by atoms with Crippen LogP contribution in [0.3, 0.4) is 0 Å². The molecule has 4 rings (SSSR count). The molecule has 1 aromatic heterocycles. The lowest BCUT2D eigenvalue weighted by molar-refractivity contribution is -0.111. The topological polar surface area (TPSA) is 94.9 Å². The standard InChI is InChI=1S/C26H19ClN4O2S/c1-16-10-24-23(29-15-34-24)13-21(16)17-4-2-5-20(12-17)30-26(33)18-7-8-22(19(11-18)14-28)31-25(32)6-3-9-27/h2-8,10-13,15H,9H2,1H3,(H,30,33)(H,31,32). The van der Waals surface area contributed by atoms with Crippen molar-refractivity contribution in [2.45, 2.75) is 6.92 Å². The molecular formula is C26H19ClN4O2S. The summed E-state index contributed by atoms with van der Waals surface area (Å²) in [4.78, 5) is 29.1. The van der Waals surface area contributed by atoms with E-state index in [9.17, 15) is 14.9 Å². The molecule has 0 aliphatic heterocycles. The molecule has 2 N–H and O–H groups in total. The summed E-state index contributed by atoms with van der Waals surface area (Å²) in [5.41, 5.74) is 7.33. The molecule has 34 heavy (non-hydrogen) atoms. The van der Waals surface area contributed by atoms with Crippen LogP contribution in [0.25, 0.3) is 21.3 Å². The highest BCUT2D eigenvalue weighted by Crippen LogP contribution is 2.31. The predicted octanol–water partition coefficient (Wildman–Crippen LogP) is 6.13. The van der Waals surface area contributed by atoms with Gasteiger partial charge in [-0.15, -0.1) is 22.9 Å². The van der Waals surface area contributed by atoms with Crippen molar-refractivity contribution in [3.8, 4) is 17.2 Å². The first-order chi connectivity index (χ1) is 16.5. The molecule has 0 bridgehead atoms. The summed E-state index contributed by atoms with van der Waals surface area (Å²) in [5, 5.41) is 15.0.